The maximum Gasteiger partial charge on any atom is 0.410 e. The molecule has 1 aromatic heterocycles. The lowest BCUT2D eigenvalue weighted by Gasteiger charge is -2.33. The number of hydrogen-bond acceptors (Lipinski definition) is 5. The van der Waals surface area contributed by atoms with Crippen molar-refractivity contribution >= 4 is 40.8 Å². The Morgan fingerprint density at radius 3 is 2.73 bits per heavy atom. The van der Waals surface area contributed by atoms with Crippen LogP contribution in [-0.2, 0) is 10.5 Å². The van der Waals surface area contributed by atoms with Gasteiger partial charge in [0.15, 0.2) is 4.47 Å². The molecule has 0 aromatic carbocycles. The topological polar surface area (TPSA) is 42.4 Å². The lowest BCUT2D eigenvalue weighted by atomic mass is 9.99. The summed E-state index contributed by atoms with van der Waals surface area (Å²) in [4.78, 5) is 19.1. The Hall–Kier alpha value is -0.460. The molecule has 22 heavy (non-hydrogen) atoms. The molecule has 4 nitrogen and oxygen atoms in total. The van der Waals surface area contributed by atoms with E-state index < -0.39 is 5.60 Å². The number of aromatic nitrogens is 1. The largest absolute Gasteiger partial charge is 0.444 e. The number of piperidine rings is 1. The Kier molecular flexibility index (Phi) is 6.41. The summed E-state index contributed by atoms with van der Waals surface area (Å²) < 4.78 is 6.03. The lowest BCUT2D eigenvalue weighted by molar-refractivity contribution is 0.0191. The summed E-state index contributed by atoms with van der Waals surface area (Å²) in [6, 6.07) is 0. The summed E-state index contributed by atoms with van der Waals surface area (Å²) >= 11 is 9.30. The van der Waals surface area contributed by atoms with Crippen LogP contribution in [0.5, 0.6) is 0 Å². The molecule has 124 valence electrons. The predicted octanol–water partition coefficient (Wildman–Crippen LogP) is 4.68. The van der Waals surface area contributed by atoms with E-state index in [0.29, 0.717) is 10.4 Å². The fraction of sp³-hybridized carbons (Fsp3) is 0.733. The van der Waals surface area contributed by atoms with Crippen molar-refractivity contribution in [3.63, 3.8) is 0 Å². The number of carbonyl (C=O) groups is 1. The Morgan fingerprint density at radius 1 is 1.50 bits per heavy atom. The second kappa shape index (κ2) is 7.88. The third-order valence-electron chi connectivity index (χ3n) is 3.39. The average molecular weight is 363 g/mol. The van der Waals surface area contributed by atoms with E-state index in [4.69, 9.17) is 16.3 Å². The molecule has 0 atom stereocenters. The highest BCUT2D eigenvalue weighted by molar-refractivity contribution is 7.98. The Balaban J connectivity index is 1.65. The van der Waals surface area contributed by atoms with Crippen LogP contribution in [0.4, 0.5) is 4.79 Å². The zero-order chi connectivity index (χ0) is 16.2. The van der Waals surface area contributed by atoms with Gasteiger partial charge in [-0.3, -0.25) is 0 Å². The number of amides is 1. The van der Waals surface area contributed by atoms with Crippen LogP contribution in [0.15, 0.2) is 6.20 Å². The quantitative estimate of drug-likeness (QED) is 0.780. The van der Waals surface area contributed by atoms with Gasteiger partial charge in [-0.2, -0.15) is 11.8 Å². The Bertz CT molecular complexity index is 494. The van der Waals surface area contributed by atoms with Gasteiger partial charge in [0.25, 0.3) is 0 Å². The number of carbonyl (C=O) groups excluding carboxylic acids is 1. The van der Waals surface area contributed by atoms with Crippen LogP contribution in [0.2, 0.25) is 4.47 Å². The summed E-state index contributed by atoms with van der Waals surface area (Å²) in [7, 11) is 0. The van der Waals surface area contributed by atoms with Gasteiger partial charge in [-0.15, -0.1) is 11.3 Å². The molecule has 1 aromatic rings. The molecule has 0 saturated carbocycles. The Morgan fingerprint density at radius 2 is 2.18 bits per heavy atom. The van der Waals surface area contributed by atoms with Crippen LogP contribution >= 0.6 is 34.7 Å². The SMILES string of the molecule is CC(C)(C)OC(=O)N1CCC(CSCc2cnc(Cl)s2)CC1. The van der Waals surface area contributed by atoms with Crippen molar-refractivity contribution < 1.29 is 9.53 Å². The minimum atomic E-state index is -0.417. The average Bonchev–Trinajstić information content (AvgIpc) is 2.83. The first-order valence-corrected chi connectivity index (χ1v) is 9.84. The number of nitrogens with zero attached hydrogens (tertiary/aromatic N) is 2. The Labute approximate surface area is 145 Å². The molecule has 0 spiro atoms. The fourth-order valence-corrected chi connectivity index (χ4v) is 4.60. The zero-order valence-corrected chi connectivity index (χ0v) is 15.7. The third-order valence-corrected chi connectivity index (χ3v) is 5.91. The molecule has 0 radical (unpaired) electrons. The molecule has 1 amide bonds. The first kappa shape index (κ1) is 17.9. The summed E-state index contributed by atoms with van der Waals surface area (Å²) in [6.07, 6.45) is 3.77. The number of likely N-dealkylation sites (tertiary alicyclic amines) is 1. The molecule has 0 unspecified atom stereocenters. The lowest BCUT2D eigenvalue weighted by Crippen LogP contribution is -2.42. The van der Waals surface area contributed by atoms with Crippen molar-refractivity contribution in [3.8, 4) is 0 Å². The number of ether oxygens (including phenoxy) is 1. The second-order valence-electron chi connectivity index (χ2n) is 6.51. The summed E-state index contributed by atoms with van der Waals surface area (Å²) in [5, 5.41) is 0. The van der Waals surface area contributed by atoms with Crippen molar-refractivity contribution in [1.29, 1.82) is 0 Å². The normalized spacial score (nSPS) is 16.8. The van der Waals surface area contributed by atoms with Gasteiger partial charge in [0.2, 0.25) is 0 Å². The highest BCUT2D eigenvalue weighted by Crippen LogP contribution is 2.27. The number of halogens is 1. The summed E-state index contributed by atoms with van der Waals surface area (Å²) in [6.45, 7) is 7.30. The van der Waals surface area contributed by atoms with E-state index in [2.05, 4.69) is 4.98 Å². The van der Waals surface area contributed by atoms with E-state index in [9.17, 15) is 4.79 Å². The minimum absolute atomic E-state index is 0.182. The molecule has 1 fully saturated rings. The number of thiazole rings is 1. The zero-order valence-electron chi connectivity index (χ0n) is 13.3. The van der Waals surface area contributed by atoms with E-state index in [1.165, 1.54) is 4.88 Å². The van der Waals surface area contributed by atoms with Crippen LogP contribution in [0, 0.1) is 5.92 Å². The van der Waals surface area contributed by atoms with E-state index in [-0.39, 0.29) is 6.09 Å². The molecule has 1 aliphatic heterocycles. The van der Waals surface area contributed by atoms with Crippen LogP contribution in [0.3, 0.4) is 0 Å². The highest BCUT2D eigenvalue weighted by atomic mass is 35.5. The number of hydrogen-bond donors (Lipinski definition) is 0. The van der Waals surface area contributed by atoms with Gasteiger partial charge in [-0.05, 0) is 45.3 Å². The molecule has 7 heteroatoms. The van der Waals surface area contributed by atoms with E-state index in [1.54, 1.807) is 11.3 Å². The number of thioether (sulfide) groups is 1. The third kappa shape index (κ3) is 5.97. The van der Waals surface area contributed by atoms with Gasteiger partial charge in [-0.1, -0.05) is 11.6 Å². The highest BCUT2D eigenvalue weighted by Gasteiger charge is 2.26. The minimum Gasteiger partial charge on any atom is -0.444 e. The molecule has 1 aliphatic rings. The molecular formula is C15H23ClN2O2S2. The molecule has 0 bridgehead atoms. The molecule has 0 aliphatic carbocycles. The van der Waals surface area contributed by atoms with Crippen molar-refractivity contribution in [2.75, 3.05) is 18.8 Å². The van der Waals surface area contributed by atoms with Crippen LogP contribution < -0.4 is 0 Å². The van der Waals surface area contributed by atoms with Gasteiger partial charge < -0.3 is 9.64 Å². The van der Waals surface area contributed by atoms with E-state index >= 15 is 0 Å². The van der Waals surface area contributed by atoms with Crippen LogP contribution in [-0.4, -0.2) is 40.4 Å². The maximum absolute atomic E-state index is 12.0. The van der Waals surface area contributed by atoms with Gasteiger partial charge >= 0.3 is 6.09 Å². The van der Waals surface area contributed by atoms with E-state index in [0.717, 1.165) is 37.4 Å². The molecule has 0 N–H and O–H groups in total. The summed E-state index contributed by atoms with van der Waals surface area (Å²) in [5.41, 5.74) is -0.417. The second-order valence-corrected chi connectivity index (χ2v) is 9.23. The molecule has 1 saturated heterocycles. The van der Waals surface area contributed by atoms with Gasteiger partial charge in [0.1, 0.15) is 5.60 Å². The fourth-order valence-electron chi connectivity index (χ4n) is 2.29. The predicted molar refractivity (Wildman–Crippen MR) is 93.8 cm³/mol. The first-order chi connectivity index (χ1) is 10.3. The van der Waals surface area contributed by atoms with Gasteiger partial charge in [-0.25, -0.2) is 9.78 Å². The smallest absolute Gasteiger partial charge is 0.410 e. The van der Waals surface area contributed by atoms with Crippen molar-refractivity contribution in [3.05, 3.63) is 15.5 Å². The first-order valence-electron chi connectivity index (χ1n) is 7.49. The molecule has 2 heterocycles. The van der Waals surface area contributed by atoms with Crippen LogP contribution in [0.25, 0.3) is 0 Å². The molecular weight excluding hydrogens is 340 g/mol. The van der Waals surface area contributed by atoms with Gasteiger partial charge in [0.05, 0.1) is 0 Å². The summed E-state index contributed by atoms with van der Waals surface area (Å²) in [5.74, 6) is 2.76. The maximum atomic E-state index is 12.0. The monoisotopic (exact) mass is 362 g/mol. The van der Waals surface area contributed by atoms with E-state index in [1.807, 2.05) is 43.6 Å². The molecule has 2 rings (SSSR count). The van der Waals surface area contributed by atoms with Crippen LogP contribution in [0.1, 0.15) is 38.5 Å². The van der Waals surface area contributed by atoms with Crippen molar-refractivity contribution in [2.24, 2.45) is 5.92 Å². The van der Waals surface area contributed by atoms with Crippen molar-refractivity contribution in [2.45, 2.75) is 45.0 Å². The van der Waals surface area contributed by atoms with Crippen molar-refractivity contribution in [1.82, 2.24) is 9.88 Å². The standard InChI is InChI=1S/C15H23ClN2O2S2/c1-15(2,3)20-14(19)18-6-4-11(5-7-18)9-21-10-12-8-17-13(16)22-12/h8,11H,4-7,9-10H2,1-3H3. The number of rotatable bonds is 4. The van der Waals surface area contributed by atoms with Gasteiger partial charge in [0, 0.05) is 29.9 Å².